The van der Waals surface area contributed by atoms with Crippen LogP contribution in [0.15, 0.2) is 21.3 Å². The lowest BCUT2D eigenvalue weighted by atomic mass is 10.3. The first-order chi connectivity index (χ1) is 6.40. The van der Waals surface area contributed by atoms with Gasteiger partial charge in [0.1, 0.15) is 11.5 Å². The zero-order chi connectivity index (χ0) is 10.8. The molecule has 0 unspecified atom stereocenters. The molecule has 3 nitrogen and oxygen atoms in total. The van der Waals surface area contributed by atoms with E-state index in [9.17, 15) is 4.79 Å². The van der Waals surface area contributed by atoms with E-state index in [1.165, 1.54) is 6.07 Å². The highest BCUT2D eigenvalue weighted by molar-refractivity contribution is 6.70. The van der Waals surface area contributed by atoms with Crippen LogP contribution in [0.5, 0.6) is 5.75 Å². The molecule has 0 aliphatic carbocycles. The zero-order valence-corrected chi connectivity index (χ0v) is 10.1. The second kappa shape index (κ2) is 4.00. The van der Waals surface area contributed by atoms with Crippen LogP contribution in [-0.4, -0.2) is 8.32 Å². The van der Waals surface area contributed by atoms with Gasteiger partial charge in [0.05, 0.1) is 6.07 Å². The van der Waals surface area contributed by atoms with Gasteiger partial charge in [-0.15, -0.1) is 0 Å². The molecule has 0 saturated heterocycles. The third kappa shape index (κ3) is 3.37. The molecule has 1 aromatic rings. The molecule has 0 radical (unpaired) electrons. The van der Waals surface area contributed by atoms with Crippen molar-refractivity contribution in [1.29, 1.82) is 0 Å². The number of hydrogen-bond acceptors (Lipinski definition) is 3. The van der Waals surface area contributed by atoms with Crippen molar-refractivity contribution in [2.45, 2.75) is 33.0 Å². The van der Waals surface area contributed by atoms with Crippen LogP contribution in [0.3, 0.4) is 0 Å². The molecule has 0 aliphatic heterocycles. The Balaban J connectivity index is 2.98. The minimum atomic E-state index is -1.64. The van der Waals surface area contributed by atoms with Gasteiger partial charge < -0.3 is 8.84 Å². The molecule has 0 atom stereocenters. The molecule has 0 amide bonds. The van der Waals surface area contributed by atoms with E-state index in [1.807, 2.05) is 6.92 Å². The molecule has 1 rings (SSSR count). The minimum absolute atomic E-state index is 0.336. The molecule has 0 aliphatic rings. The second-order valence-corrected chi connectivity index (χ2v) is 8.58. The monoisotopic (exact) mass is 212 g/mol. The van der Waals surface area contributed by atoms with Crippen molar-refractivity contribution in [2.75, 3.05) is 0 Å². The van der Waals surface area contributed by atoms with E-state index in [2.05, 4.69) is 19.6 Å². The van der Waals surface area contributed by atoms with Gasteiger partial charge >= 0.3 is 5.63 Å². The molecular weight excluding hydrogens is 196 g/mol. The maximum Gasteiger partial charge on any atom is 0.339 e. The van der Waals surface area contributed by atoms with Crippen molar-refractivity contribution in [2.24, 2.45) is 0 Å². The summed E-state index contributed by atoms with van der Waals surface area (Å²) in [6.07, 6.45) is 0.706. The van der Waals surface area contributed by atoms with Gasteiger partial charge in [-0.2, -0.15) is 0 Å². The third-order valence-electron chi connectivity index (χ3n) is 1.57. The van der Waals surface area contributed by atoms with E-state index < -0.39 is 8.32 Å². The molecular formula is C10H16O3Si. The summed E-state index contributed by atoms with van der Waals surface area (Å²) in [6, 6.07) is 3.19. The highest BCUT2D eigenvalue weighted by atomic mass is 28.4. The molecule has 0 spiro atoms. The van der Waals surface area contributed by atoms with Crippen molar-refractivity contribution < 1.29 is 8.84 Å². The molecule has 1 heterocycles. The second-order valence-electron chi connectivity index (χ2n) is 4.15. The maximum atomic E-state index is 11.1. The number of aryl methyl sites for hydroxylation is 1. The van der Waals surface area contributed by atoms with Crippen LogP contribution in [0.2, 0.25) is 19.6 Å². The first-order valence-corrected chi connectivity index (χ1v) is 8.14. The van der Waals surface area contributed by atoms with Crippen molar-refractivity contribution in [1.82, 2.24) is 0 Å². The Morgan fingerprint density at radius 2 is 2.00 bits per heavy atom. The fraction of sp³-hybridized carbons (Fsp3) is 0.500. The van der Waals surface area contributed by atoms with Crippen LogP contribution in [-0.2, 0) is 6.42 Å². The smallest absolute Gasteiger partial charge is 0.339 e. The first kappa shape index (κ1) is 11.0. The van der Waals surface area contributed by atoms with E-state index in [-0.39, 0.29) is 5.63 Å². The molecule has 0 saturated carbocycles. The van der Waals surface area contributed by atoms with Gasteiger partial charge in [-0.25, -0.2) is 4.79 Å². The summed E-state index contributed by atoms with van der Waals surface area (Å²) < 4.78 is 10.7. The fourth-order valence-corrected chi connectivity index (χ4v) is 1.92. The highest BCUT2D eigenvalue weighted by Crippen LogP contribution is 2.15. The summed E-state index contributed by atoms with van der Waals surface area (Å²) >= 11 is 0. The summed E-state index contributed by atoms with van der Waals surface area (Å²) in [5.74, 6) is 1.31. The summed E-state index contributed by atoms with van der Waals surface area (Å²) in [4.78, 5) is 11.1. The van der Waals surface area contributed by atoms with E-state index >= 15 is 0 Å². The highest BCUT2D eigenvalue weighted by Gasteiger charge is 2.16. The molecule has 14 heavy (non-hydrogen) atoms. The summed E-state index contributed by atoms with van der Waals surface area (Å²) in [6.45, 7) is 8.17. The SMILES string of the molecule is CCc1cc(O[Si](C)(C)C)cc(=O)o1. The van der Waals surface area contributed by atoms with Crippen molar-refractivity contribution in [3.8, 4) is 5.75 Å². The largest absolute Gasteiger partial charge is 0.544 e. The van der Waals surface area contributed by atoms with Crippen LogP contribution in [0.1, 0.15) is 12.7 Å². The molecule has 0 N–H and O–H groups in total. The van der Waals surface area contributed by atoms with Crippen LogP contribution in [0.25, 0.3) is 0 Å². The lowest BCUT2D eigenvalue weighted by molar-refractivity contribution is 0.449. The van der Waals surface area contributed by atoms with E-state index in [0.717, 1.165) is 0 Å². The topological polar surface area (TPSA) is 39.4 Å². The summed E-state index contributed by atoms with van der Waals surface area (Å²) in [5.41, 5.74) is -0.336. The van der Waals surface area contributed by atoms with E-state index in [4.69, 9.17) is 8.84 Å². The average molecular weight is 212 g/mol. The van der Waals surface area contributed by atoms with Crippen LogP contribution >= 0.6 is 0 Å². The predicted molar refractivity (Wildman–Crippen MR) is 58.3 cm³/mol. The molecule has 78 valence electrons. The Labute approximate surface area is 84.8 Å². The Hall–Kier alpha value is -1.03. The average Bonchev–Trinajstić information content (AvgIpc) is 1.99. The van der Waals surface area contributed by atoms with Crippen molar-refractivity contribution in [3.63, 3.8) is 0 Å². The van der Waals surface area contributed by atoms with Gasteiger partial charge in [0.2, 0.25) is 8.32 Å². The minimum Gasteiger partial charge on any atom is -0.544 e. The van der Waals surface area contributed by atoms with Gasteiger partial charge in [-0.1, -0.05) is 6.92 Å². The molecule has 0 aromatic carbocycles. The van der Waals surface area contributed by atoms with Crippen molar-refractivity contribution >= 4 is 8.32 Å². The predicted octanol–water partition coefficient (Wildman–Crippen LogP) is 2.42. The third-order valence-corrected chi connectivity index (χ3v) is 2.42. The lowest BCUT2D eigenvalue weighted by Gasteiger charge is -2.18. The Bertz CT molecular complexity index is 362. The normalized spacial score (nSPS) is 11.4. The summed E-state index contributed by atoms with van der Waals surface area (Å²) in [7, 11) is -1.64. The zero-order valence-electron chi connectivity index (χ0n) is 9.09. The maximum absolute atomic E-state index is 11.1. The molecule has 4 heteroatoms. The molecule has 0 fully saturated rings. The van der Waals surface area contributed by atoms with Gasteiger partial charge in [0.25, 0.3) is 0 Å². The Morgan fingerprint density at radius 3 is 2.50 bits per heavy atom. The van der Waals surface area contributed by atoms with Crippen LogP contribution < -0.4 is 10.1 Å². The van der Waals surface area contributed by atoms with Crippen molar-refractivity contribution in [3.05, 3.63) is 28.3 Å². The van der Waals surface area contributed by atoms with Gasteiger partial charge in [0.15, 0.2) is 0 Å². The first-order valence-electron chi connectivity index (χ1n) is 4.74. The summed E-state index contributed by atoms with van der Waals surface area (Å²) in [5, 5.41) is 0. The fourth-order valence-electron chi connectivity index (χ4n) is 1.09. The molecule has 1 aromatic heterocycles. The number of hydrogen-bond donors (Lipinski definition) is 0. The van der Waals surface area contributed by atoms with Gasteiger partial charge in [-0.05, 0) is 19.6 Å². The van der Waals surface area contributed by atoms with Gasteiger partial charge in [0, 0.05) is 12.5 Å². The van der Waals surface area contributed by atoms with Gasteiger partial charge in [-0.3, -0.25) is 0 Å². The van der Waals surface area contributed by atoms with E-state index in [1.54, 1.807) is 6.07 Å². The lowest BCUT2D eigenvalue weighted by Crippen LogP contribution is -2.29. The standard InChI is InChI=1S/C10H16O3Si/c1-5-8-6-9(7-10(11)12-8)13-14(2,3)4/h6-7H,5H2,1-4H3. The number of rotatable bonds is 3. The van der Waals surface area contributed by atoms with Crippen LogP contribution in [0.4, 0.5) is 0 Å². The Kier molecular flexibility index (Phi) is 3.16. The van der Waals surface area contributed by atoms with E-state index in [0.29, 0.717) is 17.9 Å². The van der Waals surface area contributed by atoms with Crippen LogP contribution in [0, 0.1) is 0 Å². The molecule has 0 bridgehead atoms. The quantitative estimate of drug-likeness (QED) is 0.722. The Morgan fingerprint density at radius 1 is 1.36 bits per heavy atom.